The fraction of sp³-hybridized carbons (Fsp3) is 0.0800. The number of carboxylic acids is 1. The van der Waals surface area contributed by atoms with E-state index in [1.54, 1.807) is 54.6 Å². The van der Waals surface area contributed by atoms with E-state index >= 15 is 0 Å². The number of thioether (sulfide) groups is 1. The number of methoxy groups -OCH3 is 1. The number of imide groups is 1. The van der Waals surface area contributed by atoms with E-state index in [2.05, 4.69) is 15.9 Å². The highest BCUT2D eigenvalue weighted by Gasteiger charge is 2.36. The first kappa shape index (κ1) is 23.6. The topological polar surface area (TPSA) is 93.1 Å². The molecular formula is C25H18BrNO6S. The molecule has 7 nitrogen and oxygen atoms in total. The zero-order valence-corrected chi connectivity index (χ0v) is 20.3. The number of carbonyl (C=O) groups is 3. The fourth-order valence-corrected chi connectivity index (χ4v) is 4.52. The highest BCUT2D eigenvalue weighted by atomic mass is 79.9. The Morgan fingerprint density at radius 3 is 2.41 bits per heavy atom. The summed E-state index contributed by atoms with van der Waals surface area (Å²) >= 11 is 4.37. The van der Waals surface area contributed by atoms with Gasteiger partial charge in [-0.3, -0.25) is 9.59 Å². The molecule has 1 fully saturated rings. The molecule has 0 atom stereocenters. The van der Waals surface area contributed by atoms with Crippen LogP contribution in [0, 0.1) is 0 Å². The second-order valence-electron chi connectivity index (χ2n) is 7.17. The molecule has 1 aliphatic heterocycles. The Kier molecular flexibility index (Phi) is 7.04. The Morgan fingerprint density at radius 1 is 1.06 bits per heavy atom. The first-order valence-electron chi connectivity index (χ1n) is 10.0. The van der Waals surface area contributed by atoms with E-state index in [9.17, 15) is 14.4 Å². The standard InChI is InChI=1S/C25H18BrNO6S/c1-32-20-11-17(12-22-23(28)27(25(31)34-22)18-5-3-2-4-6-18)19(26)13-21(20)33-14-15-7-9-16(10-8-15)24(29)30/h2-13H,14H2,1H3,(H,29,30)/b22-12-. The zero-order valence-electron chi connectivity index (χ0n) is 17.9. The molecule has 34 heavy (non-hydrogen) atoms. The number of carboxylic acid groups (broad SMARTS) is 1. The van der Waals surface area contributed by atoms with Gasteiger partial charge in [0.1, 0.15) is 6.61 Å². The molecule has 4 rings (SSSR count). The molecule has 0 spiro atoms. The van der Waals surface area contributed by atoms with Gasteiger partial charge in [-0.05, 0) is 65.4 Å². The Labute approximate surface area is 208 Å². The van der Waals surface area contributed by atoms with Crippen molar-refractivity contribution in [2.75, 3.05) is 12.0 Å². The third-order valence-electron chi connectivity index (χ3n) is 4.97. The Bertz CT molecular complexity index is 1290. The van der Waals surface area contributed by atoms with Crippen molar-refractivity contribution in [3.63, 3.8) is 0 Å². The van der Waals surface area contributed by atoms with Crippen LogP contribution in [0.25, 0.3) is 6.08 Å². The molecule has 3 aromatic carbocycles. The number of ether oxygens (including phenoxy) is 2. The summed E-state index contributed by atoms with van der Waals surface area (Å²) in [5.74, 6) is -0.474. The van der Waals surface area contributed by atoms with Gasteiger partial charge in [0.05, 0.1) is 23.3 Å². The molecule has 9 heteroatoms. The molecule has 0 aliphatic carbocycles. The monoisotopic (exact) mass is 539 g/mol. The Balaban J connectivity index is 1.55. The predicted molar refractivity (Wildman–Crippen MR) is 133 cm³/mol. The quantitative estimate of drug-likeness (QED) is 0.369. The van der Waals surface area contributed by atoms with Gasteiger partial charge in [0, 0.05) is 4.47 Å². The van der Waals surface area contributed by atoms with Crippen LogP contribution in [0.4, 0.5) is 10.5 Å². The van der Waals surface area contributed by atoms with Crippen molar-refractivity contribution in [1.29, 1.82) is 0 Å². The van der Waals surface area contributed by atoms with Gasteiger partial charge in [0.25, 0.3) is 11.1 Å². The van der Waals surface area contributed by atoms with Crippen LogP contribution in [0.5, 0.6) is 11.5 Å². The minimum absolute atomic E-state index is 0.199. The molecule has 1 N–H and O–H groups in total. The first-order valence-corrected chi connectivity index (χ1v) is 11.6. The molecule has 1 heterocycles. The maximum absolute atomic E-state index is 12.9. The molecule has 1 saturated heterocycles. The van der Waals surface area contributed by atoms with E-state index < -0.39 is 11.9 Å². The summed E-state index contributed by atoms with van der Waals surface area (Å²) in [4.78, 5) is 37.8. The van der Waals surface area contributed by atoms with Crippen molar-refractivity contribution < 1.29 is 29.0 Å². The summed E-state index contributed by atoms with van der Waals surface area (Å²) in [5.41, 5.74) is 2.16. The number of hydrogen-bond acceptors (Lipinski definition) is 6. The van der Waals surface area contributed by atoms with E-state index in [1.165, 1.54) is 19.2 Å². The van der Waals surface area contributed by atoms with Gasteiger partial charge in [-0.25, -0.2) is 9.69 Å². The molecule has 1 aliphatic rings. The first-order chi connectivity index (χ1) is 16.4. The Hall–Kier alpha value is -3.56. The largest absolute Gasteiger partial charge is 0.493 e. The number of nitrogens with zero attached hydrogens (tertiary/aromatic N) is 1. The molecule has 0 unspecified atom stereocenters. The molecule has 0 bridgehead atoms. The van der Waals surface area contributed by atoms with Crippen LogP contribution in [0.2, 0.25) is 0 Å². The van der Waals surface area contributed by atoms with Gasteiger partial charge in [-0.15, -0.1) is 0 Å². The number of carbonyl (C=O) groups excluding carboxylic acids is 2. The van der Waals surface area contributed by atoms with Crippen molar-refractivity contribution in [2.24, 2.45) is 0 Å². The molecule has 2 amide bonds. The van der Waals surface area contributed by atoms with Gasteiger partial charge < -0.3 is 14.6 Å². The number of para-hydroxylation sites is 1. The van der Waals surface area contributed by atoms with Crippen LogP contribution >= 0.6 is 27.7 Å². The van der Waals surface area contributed by atoms with Crippen LogP contribution in [0.15, 0.2) is 76.1 Å². The highest BCUT2D eigenvalue weighted by Crippen LogP contribution is 2.39. The summed E-state index contributed by atoms with van der Waals surface area (Å²) in [6.07, 6.45) is 1.63. The average Bonchev–Trinajstić information content (AvgIpc) is 3.12. The van der Waals surface area contributed by atoms with Crippen molar-refractivity contribution in [1.82, 2.24) is 0 Å². The fourth-order valence-electron chi connectivity index (χ4n) is 3.25. The molecule has 0 saturated carbocycles. The molecule has 3 aromatic rings. The van der Waals surface area contributed by atoms with Crippen LogP contribution in [-0.2, 0) is 11.4 Å². The minimum Gasteiger partial charge on any atom is -0.493 e. The summed E-state index contributed by atoms with van der Waals surface area (Å²) < 4.78 is 12.0. The lowest BCUT2D eigenvalue weighted by Gasteiger charge is -2.13. The van der Waals surface area contributed by atoms with Crippen LogP contribution in [0.3, 0.4) is 0 Å². The summed E-state index contributed by atoms with van der Waals surface area (Å²) in [5, 5.41) is 8.65. The van der Waals surface area contributed by atoms with Crippen molar-refractivity contribution in [2.45, 2.75) is 6.61 Å². The minimum atomic E-state index is -0.990. The number of hydrogen-bond donors (Lipinski definition) is 1. The number of rotatable bonds is 7. The van der Waals surface area contributed by atoms with Gasteiger partial charge in [-0.2, -0.15) is 0 Å². The van der Waals surface area contributed by atoms with E-state index in [1.807, 2.05) is 6.07 Å². The number of aromatic carboxylic acids is 1. The predicted octanol–water partition coefficient (Wildman–Crippen LogP) is 5.98. The normalized spacial score (nSPS) is 14.5. The lowest BCUT2D eigenvalue weighted by molar-refractivity contribution is -0.113. The Morgan fingerprint density at radius 2 is 1.76 bits per heavy atom. The lowest BCUT2D eigenvalue weighted by Crippen LogP contribution is -2.27. The average molecular weight is 540 g/mol. The molecule has 172 valence electrons. The highest BCUT2D eigenvalue weighted by molar-refractivity contribution is 9.10. The maximum Gasteiger partial charge on any atom is 0.335 e. The maximum atomic E-state index is 12.9. The van der Waals surface area contributed by atoms with E-state index in [0.29, 0.717) is 32.1 Å². The zero-order chi connectivity index (χ0) is 24.2. The third-order valence-corrected chi connectivity index (χ3v) is 6.53. The van der Waals surface area contributed by atoms with Crippen LogP contribution in [0.1, 0.15) is 21.5 Å². The van der Waals surface area contributed by atoms with E-state index in [0.717, 1.165) is 22.2 Å². The van der Waals surface area contributed by atoms with Crippen molar-refractivity contribution >= 4 is 56.6 Å². The van der Waals surface area contributed by atoms with E-state index in [-0.39, 0.29) is 17.4 Å². The molecule has 0 radical (unpaired) electrons. The van der Waals surface area contributed by atoms with Crippen molar-refractivity contribution in [3.8, 4) is 11.5 Å². The summed E-state index contributed by atoms with van der Waals surface area (Å²) in [6.45, 7) is 0.206. The van der Waals surface area contributed by atoms with Crippen molar-refractivity contribution in [3.05, 3.63) is 92.8 Å². The smallest absolute Gasteiger partial charge is 0.335 e. The molecular weight excluding hydrogens is 522 g/mol. The second kappa shape index (κ2) is 10.1. The molecule has 0 aromatic heterocycles. The number of amides is 2. The van der Waals surface area contributed by atoms with Crippen LogP contribution < -0.4 is 14.4 Å². The third kappa shape index (κ3) is 5.00. The number of halogens is 1. The number of anilines is 1. The van der Waals surface area contributed by atoms with Gasteiger partial charge in [-0.1, -0.05) is 46.3 Å². The van der Waals surface area contributed by atoms with Crippen LogP contribution in [-0.4, -0.2) is 29.3 Å². The number of benzene rings is 3. The van der Waals surface area contributed by atoms with E-state index in [4.69, 9.17) is 14.6 Å². The van der Waals surface area contributed by atoms with Gasteiger partial charge in [0.2, 0.25) is 0 Å². The summed E-state index contributed by atoms with van der Waals surface area (Å²) in [7, 11) is 1.50. The summed E-state index contributed by atoms with van der Waals surface area (Å²) in [6, 6.07) is 18.6. The van der Waals surface area contributed by atoms with Gasteiger partial charge >= 0.3 is 5.97 Å². The lowest BCUT2D eigenvalue weighted by atomic mass is 10.1. The second-order valence-corrected chi connectivity index (χ2v) is 9.02. The van der Waals surface area contributed by atoms with Gasteiger partial charge in [0.15, 0.2) is 11.5 Å². The SMILES string of the molecule is COc1cc(/C=C2\SC(=O)N(c3ccccc3)C2=O)c(Br)cc1OCc1ccc(C(=O)O)cc1.